The number of nitrogens with zero attached hydrogens (tertiary/aromatic N) is 2. The molecule has 0 amide bonds. The molecule has 0 saturated carbocycles. The Labute approximate surface area is 155 Å². The zero-order chi connectivity index (χ0) is 12.6. The molecule has 1 aromatic carbocycles. The van der Waals surface area contributed by atoms with Crippen LogP contribution in [0.3, 0.4) is 0 Å². The van der Waals surface area contributed by atoms with Gasteiger partial charge in [-0.05, 0) is 43.1 Å². The van der Waals surface area contributed by atoms with Crippen molar-refractivity contribution in [1.29, 1.82) is 0 Å². The Balaban J connectivity index is 0.00000162. The first-order valence-electron chi connectivity index (χ1n) is 4.68. The van der Waals surface area contributed by atoms with Crippen molar-refractivity contribution in [2.24, 2.45) is 0 Å². The fraction of sp³-hybridized carbons (Fsp3) is 0.100. The maximum Gasteiger partial charge on any atom is 1.00 e. The second-order valence-corrected chi connectivity index (χ2v) is 4.86. The van der Waals surface area contributed by atoms with E-state index in [1.807, 2.05) is 0 Å². The molecular formula is C10H8N2Na2O4S. The molecule has 0 fully saturated rings. The van der Waals surface area contributed by atoms with Crippen molar-refractivity contribution in [1.82, 2.24) is 9.78 Å². The molecule has 0 N–H and O–H groups in total. The van der Waals surface area contributed by atoms with E-state index in [2.05, 4.69) is 5.10 Å². The summed E-state index contributed by atoms with van der Waals surface area (Å²) in [5.41, 5.74) is 0.978. The smallest absolute Gasteiger partial charge is 0.859 e. The van der Waals surface area contributed by atoms with Gasteiger partial charge < -0.3 is 9.66 Å². The Hall–Kier alpha value is 0.140. The number of rotatable bonds is 2. The van der Waals surface area contributed by atoms with E-state index in [1.54, 1.807) is 6.92 Å². The molecule has 1 aromatic heterocycles. The van der Waals surface area contributed by atoms with Gasteiger partial charge in [0.15, 0.2) is 0 Å². The summed E-state index contributed by atoms with van der Waals surface area (Å²) in [5.74, 6) is -0.305. The molecule has 9 heteroatoms. The van der Waals surface area contributed by atoms with E-state index in [9.17, 15) is 18.1 Å². The van der Waals surface area contributed by atoms with Gasteiger partial charge in [0.2, 0.25) is 0 Å². The largest absolute Gasteiger partial charge is 1.00 e. The van der Waals surface area contributed by atoms with Crippen molar-refractivity contribution in [3.63, 3.8) is 0 Å². The molecular weight excluding hydrogens is 290 g/mol. The Morgan fingerprint density at radius 3 is 2.05 bits per heavy atom. The van der Waals surface area contributed by atoms with Crippen LogP contribution < -0.4 is 64.2 Å². The number of aromatic nitrogens is 2. The van der Waals surface area contributed by atoms with Crippen molar-refractivity contribution in [2.45, 2.75) is 11.8 Å². The number of hydrogen-bond donors (Lipinski definition) is 0. The van der Waals surface area contributed by atoms with Crippen molar-refractivity contribution in [2.75, 3.05) is 0 Å². The zero-order valence-corrected chi connectivity index (χ0v) is 15.6. The molecule has 0 atom stereocenters. The van der Waals surface area contributed by atoms with Gasteiger partial charge >= 0.3 is 59.1 Å². The second kappa shape index (κ2) is 7.24. The van der Waals surface area contributed by atoms with E-state index in [-0.39, 0.29) is 69.9 Å². The van der Waals surface area contributed by atoms with Crippen LogP contribution in [0.2, 0.25) is 0 Å². The van der Waals surface area contributed by atoms with Crippen molar-refractivity contribution in [3.05, 3.63) is 36.0 Å². The van der Waals surface area contributed by atoms with Crippen LogP contribution in [-0.2, 0) is 10.1 Å². The molecule has 2 rings (SSSR count). The van der Waals surface area contributed by atoms with E-state index in [4.69, 9.17) is 0 Å². The van der Waals surface area contributed by atoms with Crippen LogP contribution in [0.1, 0.15) is 5.69 Å². The molecule has 0 unspecified atom stereocenters. The first-order chi connectivity index (χ1) is 7.88. The van der Waals surface area contributed by atoms with Crippen LogP contribution in [0.15, 0.2) is 35.2 Å². The average molecular weight is 298 g/mol. The fourth-order valence-corrected chi connectivity index (χ4v) is 1.88. The molecule has 0 aliphatic carbocycles. The van der Waals surface area contributed by atoms with Crippen LogP contribution in [-0.4, -0.2) is 22.8 Å². The molecule has 0 spiro atoms. The summed E-state index contributed by atoms with van der Waals surface area (Å²) < 4.78 is 33.3. The predicted octanol–water partition coefficient (Wildman–Crippen LogP) is -5.83. The van der Waals surface area contributed by atoms with Gasteiger partial charge in [-0.3, -0.25) is 0 Å². The Kier molecular flexibility index (Phi) is 7.29. The summed E-state index contributed by atoms with van der Waals surface area (Å²) in [4.78, 5) is -0.336. The van der Waals surface area contributed by atoms with Gasteiger partial charge in [-0.15, -0.1) is 0 Å². The summed E-state index contributed by atoms with van der Waals surface area (Å²) in [5, 5.41) is 15.4. The van der Waals surface area contributed by atoms with E-state index in [0.717, 1.165) is 16.8 Å². The zero-order valence-electron chi connectivity index (χ0n) is 10.8. The number of aryl methyl sites for hydroxylation is 1. The van der Waals surface area contributed by atoms with Crippen LogP contribution in [0.5, 0.6) is 5.88 Å². The summed E-state index contributed by atoms with van der Waals surface area (Å²) in [6, 6.07) is 6.37. The van der Waals surface area contributed by atoms with Gasteiger partial charge in [-0.2, -0.15) is 5.10 Å². The Morgan fingerprint density at radius 2 is 1.68 bits per heavy atom. The Bertz CT molecular complexity index is 653. The summed E-state index contributed by atoms with van der Waals surface area (Å²) in [7, 11) is -4.46. The van der Waals surface area contributed by atoms with Gasteiger partial charge in [-0.1, -0.05) is 0 Å². The van der Waals surface area contributed by atoms with Gasteiger partial charge in [0.25, 0.3) is 0 Å². The minimum Gasteiger partial charge on any atom is -0.859 e. The van der Waals surface area contributed by atoms with E-state index in [0.29, 0.717) is 11.4 Å². The van der Waals surface area contributed by atoms with Crippen LogP contribution in [0, 0.1) is 6.92 Å². The average Bonchev–Trinajstić information content (AvgIpc) is 2.57. The maximum atomic E-state index is 11.4. The summed E-state index contributed by atoms with van der Waals surface area (Å²) in [6.45, 7) is 1.67. The third-order valence-corrected chi connectivity index (χ3v) is 3.02. The molecule has 1 heterocycles. The monoisotopic (exact) mass is 298 g/mol. The molecule has 90 valence electrons. The molecule has 0 aliphatic heterocycles. The molecule has 6 nitrogen and oxygen atoms in total. The van der Waals surface area contributed by atoms with Gasteiger partial charge in [0.05, 0.1) is 16.3 Å². The van der Waals surface area contributed by atoms with Crippen LogP contribution >= 0.6 is 0 Å². The minimum absolute atomic E-state index is 0. The maximum absolute atomic E-state index is 11.4. The molecule has 0 radical (unpaired) electrons. The second-order valence-electron chi connectivity index (χ2n) is 3.48. The standard InChI is InChI=1S/C10H10N2O4S.2Na/c1-7-6-10(13)12(11-7)8-2-4-9(5-3-8)17(14,15)16;;/h2-6,13H,1H3,(H,14,15,16);;/q;2*+1/p-2. The van der Waals surface area contributed by atoms with Crippen molar-refractivity contribution in [3.8, 4) is 11.6 Å². The van der Waals surface area contributed by atoms with Crippen molar-refractivity contribution < 1.29 is 77.2 Å². The minimum atomic E-state index is -4.46. The van der Waals surface area contributed by atoms with E-state index < -0.39 is 10.1 Å². The van der Waals surface area contributed by atoms with Gasteiger partial charge in [0.1, 0.15) is 10.1 Å². The normalized spacial score (nSPS) is 10.4. The first kappa shape index (κ1) is 19.1. The van der Waals surface area contributed by atoms with Gasteiger partial charge in [0, 0.05) is 0 Å². The SMILES string of the molecule is Cc1cc([O-])n(-c2ccc(S(=O)(=O)[O-])cc2)n1.[Na+].[Na+]. The molecule has 0 saturated heterocycles. The summed E-state index contributed by atoms with van der Waals surface area (Å²) in [6.07, 6.45) is 0. The fourth-order valence-electron chi connectivity index (χ4n) is 1.41. The molecule has 0 aliphatic rings. The summed E-state index contributed by atoms with van der Waals surface area (Å²) >= 11 is 0. The number of hydrogen-bond acceptors (Lipinski definition) is 5. The third kappa shape index (κ3) is 4.57. The predicted molar refractivity (Wildman–Crippen MR) is 55.7 cm³/mol. The van der Waals surface area contributed by atoms with E-state index in [1.165, 1.54) is 18.2 Å². The quantitative estimate of drug-likeness (QED) is 0.406. The van der Waals surface area contributed by atoms with Crippen molar-refractivity contribution >= 4 is 10.1 Å². The third-order valence-electron chi connectivity index (χ3n) is 2.17. The van der Waals surface area contributed by atoms with E-state index >= 15 is 0 Å². The first-order valence-corrected chi connectivity index (χ1v) is 6.09. The molecule has 2 aromatic rings. The molecule has 0 bridgehead atoms. The van der Waals surface area contributed by atoms with Gasteiger partial charge in [-0.25, -0.2) is 13.1 Å². The Morgan fingerprint density at radius 1 is 1.16 bits per heavy atom. The molecule has 19 heavy (non-hydrogen) atoms. The number of benzene rings is 1. The topological polar surface area (TPSA) is 98.1 Å². The van der Waals surface area contributed by atoms with Crippen LogP contribution in [0.4, 0.5) is 0 Å². The van der Waals surface area contributed by atoms with Crippen LogP contribution in [0.25, 0.3) is 5.69 Å².